The number of nitrogens with two attached hydrogens (primary N) is 1. The predicted molar refractivity (Wildman–Crippen MR) is 145 cm³/mol. The summed E-state index contributed by atoms with van der Waals surface area (Å²) in [6.45, 7) is 5.78. The molecule has 0 radical (unpaired) electrons. The lowest BCUT2D eigenvalue weighted by molar-refractivity contribution is -0.137. The van der Waals surface area contributed by atoms with Gasteiger partial charge in [-0.2, -0.15) is 23.1 Å². The molecule has 41 heavy (non-hydrogen) atoms. The minimum Gasteiger partial charge on any atom is -0.461 e. The summed E-state index contributed by atoms with van der Waals surface area (Å²) in [5.41, 5.74) is 3.75. The second kappa shape index (κ2) is 9.62. The van der Waals surface area contributed by atoms with Crippen molar-refractivity contribution in [3.05, 3.63) is 28.7 Å². The summed E-state index contributed by atoms with van der Waals surface area (Å²) >= 11 is 0. The quantitative estimate of drug-likeness (QED) is 0.451. The predicted octanol–water partition coefficient (Wildman–Crippen LogP) is 3.87. The number of fused-ring (bicyclic) bond motifs is 3. The van der Waals surface area contributed by atoms with Gasteiger partial charge in [0.15, 0.2) is 5.82 Å². The number of hydrogen-bond acceptors (Lipinski definition) is 9. The molecule has 13 heteroatoms. The summed E-state index contributed by atoms with van der Waals surface area (Å²) in [6, 6.07) is 1.22. The molecule has 1 atom stereocenters. The molecule has 0 saturated carbocycles. The summed E-state index contributed by atoms with van der Waals surface area (Å²) in [5.74, 6) is -0.623. The van der Waals surface area contributed by atoms with Crippen LogP contribution >= 0.6 is 0 Å². The number of nitrogens with one attached hydrogen (secondary N) is 1. The highest BCUT2D eigenvalue weighted by atomic mass is 19.4. The number of piperazine rings is 1. The Morgan fingerprint density at radius 1 is 1.10 bits per heavy atom. The van der Waals surface area contributed by atoms with E-state index in [9.17, 15) is 13.2 Å². The third-order valence-corrected chi connectivity index (χ3v) is 9.18. The molecule has 0 aromatic carbocycles. The Hall–Kier alpha value is -3.32. The Morgan fingerprint density at radius 2 is 1.88 bits per heavy atom. The van der Waals surface area contributed by atoms with Gasteiger partial charge in [0.2, 0.25) is 0 Å². The highest BCUT2D eigenvalue weighted by Crippen LogP contribution is 2.43. The number of aromatic nitrogens is 4. The summed E-state index contributed by atoms with van der Waals surface area (Å²) in [6.07, 6.45) is 0.515. The van der Waals surface area contributed by atoms with Crippen molar-refractivity contribution < 1.29 is 22.3 Å². The van der Waals surface area contributed by atoms with E-state index in [2.05, 4.69) is 30.1 Å². The highest BCUT2D eigenvalue weighted by molar-refractivity contribution is 5.95. The number of pyridine rings is 2. The Morgan fingerprint density at radius 3 is 2.63 bits per heavy atom. The molecule has 3 fully saturated rings. The fourth-order valence-electron chi connectivity index (χ4n) is 7.30. The molecule has 3 N–H and O–H groups in total. The maximum atomic E-state index is 16.5. The van der Waals surface area contributed by atoms with Crippen molar-refractivity contribution in [1.29, 1.82) is 0 Å². The van der Waals surface area contributed by atoms with Crippen LogP contribution in [0.4, 0.5) is 29.2 Å². The Balaban J connectivity index is 1.41. The minimum absolute atomic E-state index is 0.0227. The zero-order valence-corrected chi connectivity index (χ0v) is 22.8. The lowest BCUT2D eigenvalue weighted by Gasteiger charge is -2.36. The van der Waals surface area contributed by atoms with Gasteiger partial charge in [-0.1, -0.05) is 0 Å². The second-order valence-electron chi connectivity index (χ2n) is 11.7. The normalized spacial score (nSPS) is 22.1. The average molecular weight is 573 g/mol. The lowest BCUT2D eigenvalue weighted by atomic mass is 9.95. The Kier molecular flexibility index (Phi) is 6.23. The maximum absolute atomic E-state index is 16.5. The molecule has 218 valence electrons. The molecule has 7 heterocycles. The van der Waals surface area contributed by atoms with E-state index < -0.39 is 28.9 Å². The van der Waals surface area contributed by atoms with Crippen LogP contribution in [0.1, 0.15) is 48.9 Å². The molecule has 0 bridgehead atoms. The summed E-state index contributed by atoms with van der Waals surface area (Å²) in [7, 11) is 0. The highest BCUT2D eigenvalue weighted by Gasteiger charge is 2.45. The molecule has 0 aliphatic carbocycles. The molecule has 0 amide bonds. The number of nitrogen functional groups attached to an aromatic ring is 1. The van der Waals surface area contributed by atoms with Crippen LogP contribution in [0.25, 0.3) is 22.3 Å². The number of alkyl halides is 3. The van der Waals surface area contributed by atoms with Gasteiger partial charge in [-0.05, 0) is 70.2 Å². The van der Waals surface area contributed by atoms with E-state index in [1.54, 1.807) is 0 Å². The van der Waals surface area contributed by atoms with Gasteiger partial charge in [0, 0.05) is 25.7 Å². The first-order valence-corrected chi connectivity index (χ1v) is 14.2. The largest absolute Gasteiger partial charge is 0.461 e. The number of ether oxygens (including phenoxy) is 1. The molecule has 7 rings (SSSR count). The Labute approximate surface area is 234 Å². The van der Waals surface area contributed by atoms with Crippen LogP contribution in [0.5, 0.6) is 6.01 Å². The fourth-order valence-corrected chi connectivity index (χ4v) is 7.30. The number of aryl methyl sites for hydroxylation is 2. The van der Waals surface area contributed by atoms with Gasteiger partial charge >= 0.3 is 12.2 Å². The summed E-state index contributed by atoms with van der Waals surface area (Å²) in [4.78, 5) is 22.3. The fraction of sp³-hybridized carbons (Fsp3) is 0.571. The van der Waals surface area contributed by atoms with Crippen molar-refractivity contribution in [1.82, 2.24) is 30.2 Å². The molecular formula is C28H32F4N8O. The van der Waals surface area contributed by atoms with E-state index in [1.807, 2.05) is 0 Å². The van der Waals surface area contributed by atoms with Crippen LogP contribution in [0.3, 0.4) is 0 Å². The zero-order valence-electron chi connectivity index (χ0n) is 22.8. The van der Waals surface area contributed by atoms with Crippen molar-refractivity contribution in [3.8, 4) is 17.4 Å². The zero-order chi connectivity index (χ0) is 28.5. The van der Waals surface area contributed by atoms with Crippen LogP contribution in [0.2, 0.25) is 0 Å². The molecule has 3 aromatic heterocycles. The SMILES string of the molecule is Cc1cc(N)nc(-c2nc3c4c(nc(OCC56CCCN5CCC6)nc4c2F)N2CCNCC2CC3)c1C(F)(F)F. The van der Waals surface area contributed by atoms with Crippen LogP contribution in [-0.2, 0) is 12.6 Å². The molecular weight excluding hydrogens is 540 g/mol. The van der Waals surface area contributed by atoms with Crippen LogP contribution in [-0.4, -0.2) is 75.7 Å². The van der Waals surface area contributed by atoms with Gasteiger partial charge in [0.1, 0.15) is 35.1 Å². The van der Waals surface area contributed by atoms with E-state index in [0.717, 1.165) is 51.4 Å². The second-order valence-corrected chi connectivity index (χ2v) is 11.7. The molecule has 3 aromatic rings. The third kappa shape index (κ3) is 4.35. The maximum Gasteiger partial charge on any atom is 0.418 e. The first-order chi connectivity index (χ1) is 19.6. The van der Waals surface area contributed by atoms with Crippen molar-refractivity contribution in [2.45, 2.75) is 63.2 Å². The average Bonchev–Trinajstić information content (AvgIpc) is 3.46. The Bertz CT molecular complexity index is 1520. The van der Waals surface area contributed by atoms with Crippen molar-refractivity contribution in [3.63, 3.8) is 0 Å². The topological polar surface area (TPSA) is 105 Å². The molecule has 4 aliphatic rings. The van der Waals surface area contributed by atoms with Crippen molar-refractivity contribution in [2.24, 2.45) is 0 Å². The van der Waals surface area contributed by atoms with Crippen molar-refractivity contribution >= 4 is 22.5 Å². The van der Waals surface area contributed by atoms with Gasteiger partial charge in [0.25, 0.3) is 0 Å². The molecule has 3 saturated heterocycles. The first kappa shape index (κ1) is 26.6. The number of anilines is 2. The summed E-state index contributed by atoms with van der Waals surface area (Å²) in [5, 5.41) is 3.81. The number of halogens is 4. The van der Waals surface area contributed by atoms with Gasteiger partial charge < -0.3 is 20.7 Å². The van der Waals surface area contributed by atoms with Crippen LogP contribution in [0.15, 0.2) is 6.07 Å². The van der Waals surface area contributed by atoms with E-state index in [1.165, 1.54) is 6.92 Å². The molecule has 9 nitrogen and oxygen atoms in total. The van der Waals surface area contributed by atoms with E-state index >= 15 is 4.39 Å². The number of nitrogens with zero attached hydrogens (tertiary/aromatic N) is 6. The number of hydrogen-bond donors (Lipinski definition) is 2. The monoisotopic (exact) mass is 572 g/mol. The lowest BCUT2D eigenvalue weighted by Crippen LogP contribution is -2.51. The number of rotatable bonds is 4. The van der Waals surface area contributed by atoms with Crippen LogP contribution < -0.4 is 20.7 Å². The van der Waals surface area contributed by atoms with E-state index in [-0.39, 0.29) is 34.5 Å². The van der Waals surface area contributed by atoms with Gasteiger partial charge in [-0.3, -0.25) is 4.90 Å². The minimum atomic E-state index is -4.79. The van der Waals surface area contributed by atoms with Gasteiger partial charge in [-0.25, -0.2) is 14.4 Å². The smallest absolute Gasteiger partial charge is 0.418 e. The molecule has 4 aliphatic heterocycles. The summed E-state index contributed by atoms with van der Waals surface area (Å²) < 4.78 is 65.4. The standard InChI is InChI=1S/C28H32F4N8O/c1-15-12-18(33)36-23(20(15)28(30,31)32)24-21(29)22-19-17(35-24)5-4-16-13-34-8-11-40(16)25(19)38-26(37-22)41-14-27-6-2-9-39(27)10-3-7-27/h12,16,34H,2-11,13-14H2,1H3,(H2,33,36). The van der Waals surface area contributed by atoms with E-state index in [0.29, 0.717) is 49.4 Å². The third-order valence-electron chi connectivity index (χ3n) is 9.18. The van der Waals surface area contributed by atoms with E-state index in [4.69, 9.17) is 15.5 Å². The van der Waals surface area contributed by atoms with Crippen molar-refractivity contribution in [2.75, 3.05) is 50.0 Å². The van der Waals surface area contributed by atoms with Crippen LogP contribution in [0, 0.1) is 12.7 Å². The first-order valence-electron chi connectivity index (χ1n) is 14.2. The van der Waals surface area contributed by atoms with Gasteiger partial charge in [-0.15, -0.1) is 0 Å². The van der Waals surface area contributed by atoms with Gasteiger partial charge in [0.05, 0.1) is 22.2 Å². The molecule has 0 spiro atoms. The molecule has 1 unspecified atom stereocenters.